The molecule has 2 atom stereocenters. The number of hydrogen-bond acceptors (Lipinski definition) is 4. The zero-order valence-corrected chi connectivity index (χ0v) is 14.3. The van der Waals surface area contributed by atoms with Crippen LogP contribution in [0.25, 0.3) is 0 Å². The summed E-state index contributed by atoms with van der Waals surface area (Å²) in [6, 6.07) is 1.79. The normalized spacial score (nSPS) is 22.2. The SMILES string of the molecule is CC1CC(NS(=O)(=O)c2cc(C(F)(F)F)ccc2Br)CN1C#N. The van der Waals surface area contributed by atoms with Gasteiger partial charge >= 0.3 is 6.18 Å². The van der Waals surface area contributed by atoms with Crippen LogP contribution in [0.3, 0.4) is 0 Å². The fraction of sp³-hybridized carbons (Fsp3) is 0.462. The molecule has 1 heterocycles. The number of nitrogens with one attached hydrogen (secondary N) is 1. The predicted octanol–water partition coefficient (Wildman–Crippen LogP) is 2.69. The van der Waals surface area contributed by atoms with Crippen molar-refractivity contribution in [3.63, 3.8) is 0 Å². The predicted molar refractivity (Wildman–Crippen MR) is 79.7 cm³/mol. The number of alkyl halides is 3. The first-order chi connectivity index (χ1) is 10.5. The van der Waals surface area contributed by atoms with Gasteiger partial charge in [-0.2, -0.15) is 18.4 Å². The van der Waals surface area contributed by atoms with E-state index < -0.39 is 32.7 Å². The summed E-state index contributed by atoms with van der Waals surface area (Å²) in [7, 11) is -4.15. The molecule has 1 aliphatic heterocycles. The molecule has 1 aromatic carbocycles. The van der Waals surface area contributed by atoms with Crippen LogP contribution in [0, 0.1) is 11.5 Å². The number of halogens is 4. The molecule has 1 N–H and O–H groups in total. The average molecular weight is 412 g/mol. The summed E-state index contributed by atoms with van der Waals surface area (Å²) in [6.45, 7) is 1.96. The van der Waals surface area contributed by atoms with E-state index in [1.165, 1.54) is 4.90 Å². The van der Waals surface area contributed by atoms with E-state index in [9.17, 15) is 21.6 Å². The smallest absolute Gasteiger partial charge is 0.306 e. The van der Waals surface area contributed by atoms with Crippen LogP contribution in [-0.2, 0) is 16.2 Å². The van der Waals surface area contributed by atoms with Crippen molar-refractivity contribution < 1.29 is 21.6 Å². The van der Waals surface area contributed by atoms with Crippen molar-refractivity contribution in [2.75, 3.05) is 6.54 Å². The molecule has 2 rings (SSSR count). The van der Waals surface area contributed by atoms with Crippen molar-refractivity contribution in [3.05, 3.63) is 28.2 Å². The van der Waals surface area contributed by atoms with E-state index in [0.717, 1.165) is 12.1 Å². The minimum absolute atomic E-state index is 0.0428. The van der Waals surface area contributed by atoms with E-state index in [1.54, 1.807) is 6.92 Å². The maximum Gasteiger partial charge on any atom is 0.416 e. The third-order valence-corrected chi connectivity index (χ3v) is 6.09. The summed E-state index contributed by atoms with van der Waals surface area (Å²) in [5, 5.41) is 8.91. The Morgan fingerprint density at radius 1 is 1.43 bits per heavy atom. The Hall–Kier alpha value is -1.31. The van der Waals surface area contributed by atoms with Gasteiger partial charge in [-0.15, -0.1) is 0 Å². The number of rotatable bonds is 3. The summed E-state index contributed by atoms with van der Waals surface area (Å²) >= 11 is 2.97. The molecule has 0 spiro atoms. The Morgan fingerprint density at radius 3 is 2.61 bits per heavy atom. The molecule has 0 radical (unpaired) electrons. The maximum atomic E-state index is 12.8. The van der Waals surface area contributed by atoms with Gasteiger partial charge in [-0.05, 0) is 47.5 Å². The van der Waals surface area contributed by atoms with E-state index in [0.29, 0.717) is 12.5 Å². The van der Waals surface area contributed by atoms with Gasteiger partial charge in [0.15, 0.2) is 6.19 Å². The van der Waals surface area contributed by atoms with E-state index in [2.05, 4.69) is 20.7 Å². The Balaban J connectivity index is 2.29. The minimum Gasteiger partial charge on any atom is -0.306 e. The van der Waals surface area contributed by atoms with Crippen LogP contribution in [0.2, 0.25) is 0 Å². The highest BCUT2D eigenvalue weighted by Crippen LogP contribution is 2.33. The molecule has 0 saturated carbocycles. The van der Waals surface area contributed by atoms with Crippen molar-refractivity contribution in [1.82, 2.24) is 9.62 Å². The molecule has 0 amide bonds. The summed E-state index contributed by atoms with van der Waals surface area (Å²) in [4.78, 5) is 0.948. The van der Waals surface area contributed by atoms with E-state index in [4.69, 9.17) is 5.26 Å². The molecule has 10 heteroatoms. The highest BCUT2D eigenvalue weighted by Gasteiger charge is 2.35. The lowest BCUT2D eigenvalue weighted by Crippen LogP contribution is -2.36. The monoisotopic (exact) mass is 411 g/mol. The molecule has 1 fully saturated rings. The van der Waals surface area contributed by atoms with Gasteiger partial charge in [0, 0.05) is 23.1 Å². The quantitative estimate of drug-likeness (QED) is 0.775. The van der Waals surface area contributed by atoms with Crippen LogP contribution < -0.4 is 4.72 Å². The largest absolute Gasteiger partial charge is 0.416 e. The minimum atomic E-state index is -4.63. The van der Waals surface area contributed by atoms with E-state index >= 15 is 0 Å². The second-order valence-corrected chi connectivity index (χ2v) is 7.83. The molecular weight excluding hydrogens is 399 g/mol. The lowest BCUT2D eigenvalue weighted by Gasteiger charge is -2.15. The van der Waals surface area contributed by atoms with Gasteiger partial charge in [-0.3, -0.25) is 0 Å². The van der Waals surface area contributed by atoms with Crippen LogP contribution >= 0.6 is 15.9 Å². The molecular formula is C13H13BrF3N3O2S. The second kappa shape index (κ2) is 6.30. The highest BCUT2D eigenvalue weighted by atomic mass is 79.9. The first kappa shape index (κ1) is 18.0. The van der Waals surface area contributed by atoms with Gasteiger partial charge in [0.2, 0.25) is 10.0 Å². The number of likely N-dealkylation sites (tertiary alicyclic amines) is 1. The van der Waals surface area contributed by atoms with Gasteiger partial charge in [-0.1, -0.05) is 0 Å². The lowest BCUT2D eigenvalue weighted by molar-refractivity contribution is -0.137. The molecule has 23 heavy (non-hydrogen) atoms. The molecule has 1 saturated heterocycles. The van der Waals surface area contributed by atoms with Crippen LogP contribution in [0.15, 0.2) is 27.6 Å². The number of nitrogens with zero attached hydrogens (tertiary/aromatic N) is 2. The second-order valence-electron chi connectivity index (χ2n) is 5.30. The molecule has 5 nitrogen and oxygen atoms in total. The molecule has 1 aliphatic rings. The van der Waals surface area contributed by atoms with Crippen molar-refractivity contribution in [2.45, 2.75) is 36.5 Å². The first-order valence-corrected chi connectivity index (χ1v) is 8.87. The first-order valence-electron chi connectivity index (χ1n) is 6.60. The maximum absolute atomic E-state index is 12.8. The molecule has 0 bridgehead atoms. The van der Waals surface area contributed by atoms with Crippen LogP contribution in [0.5, 0.6) is 0 Å². The average Bonchev–Trinajstić information content (AvgIpc) is 2.76. The van der Waals surface area contributed by atoms with Crippen molar-refractivity contribution in [3.8, 4) is 6.19 Å². The van der Waals surface area contributed by atoms with Crippen molar-refractivity contribution >= 4 is 26.0 Å². The Labute approximate surface area is 140 Å². The van der Waals surface area contributed by atoms with Gasteiger partial charge in [-0.25, -0.2) is 13.1 Å². The highest BCUT2D eigenvalue weighted by molar-refractivity contribution is 9.10. The summed E-state index contributed by atoms with van der Waals surface area (Å²) < 4.78 is 65.5. The molecule has 2 unspecified atom stereocenters. The molecule has 1 aromatic rings. The lowest BCUT2D eigenvalue weighted by atomic mass is 10.2. The zero-order chi connectivity index (χ0) is 17.4. The topological polar surface area (TPSA) is 73.2 Å². The van der Waals surface area contributed by atoms with Crippen molar-refractivity contribution in [1.29, 1.82) is 5.26 Å². The van der Waals surface area contributed by atoms with Crippen LogP contribution in [0.1, 0.15) is 18.9 Å². The van der Waals surface area contributed by atoms with Gasteiger partial charge in [0.05, 0.1) is 10.5 Å². The number of nitriles is 1. The summed E-state index contributed by atoms with van der Waals surface area (Å²) in [5.41, 5.74) is -1.04. The van der Waals surface area contributed by atoms with Gasteiger partial charge in [0.25, 0.3) is 0 Å². The zero-order valence-electron chi connectivity index (χ0n) is 11.9. The fourth-order valence-electron chi connectivity index (χ4n) is 2.42. The van der Waals surface area contributed by atoms with Gasteiger partial charge in [0.1, 0.15) is 0 Å². The third-order valence-electron chi connectivity index (χ3n) is 3.57. The molecule has 0 aliphatic carbocycles. The van der Waals surface area contributed by atoms with E-state index in [1.807, 2.05) is 6.19 Å². The molecule has 0 aromatic heterocycles. The standard InChI is InChI=1S/C13H13BrF3N3O2S/c1-8-4-10(6-20(8)7-18)19-23(21,22)12-5-9(13(15,16)17)2-3-11(12)14/h2-3,5,8,10,19H,4,6H2,1H3. The number of hydrogen-bond donors (Lipinski definition) is 1. The van der Waals surface area contributed by atoms with Crippen LogP contribution in [0.4, 0.5) is 13.2 Å². The Kier molecular flexibility index (Phi) is 4.94. The van der Waals surface area contributed by atoms with Crippen molar-refractivity contribution in [2.24, 2.45) is 0 Å². The third kappa shape index (κ3) is 3.97. The number of sulfonamides is 1. The van der Waals surface area contributed by atoms with Crippen LogP contribution in [-0.4, -0.2) is 31.9 Å². The summed E-state index contributed by atoms with van der Waals surface area (Å²) in [6.07, 6.45) is -2.28. The summed E-state index contributed by atoms with van der Waals surface area (Å²) in [5.74, 6) is 0. The Morgan fingerprint density at radius 2 is 2.09 bits per heavy atom. The fourth-order valence-corrected chi connectivity index (χ4v) is 4.65. The van der Waals surface area contributed by atoms with Gasteiger partial charge < -0.3 is 4.90 Å². The molecule has 126 valence electrons. The Bertz CT molecular complexity index is 746. The van der Waals surface area contributed by atoms with E-state index in [-0.39, 0.29) is 17.1 Å². The number of benzene rings is 1.